The Morgan fingerprint density at radius 3 is 2.22 bits per heavy atom. The van der Waals surface area contributed by atoms with Crippen LogP contribution in [0, 0.1) is 6.92 Å². The lowest BCUT2D eigenvalue weighted by atomic mass is 10.1. The highest BCUT2D eigenvalue weighted by atomic mass is 16.5. The monoisotopic (exact) mass is 503 g/mol. The Kier molecular flexibility index (Phi) is 7.92. The highest BCUT2D eigenvalue weighted by Crippen LogP contribution is 2.38. The average molecular weight is 504 g/mol. The summed E-state index contributed by atoms with van der Waals surface area (Å²) in [6.45, 7) is 6.12. The Morgan fingerprint density at radius 2 is 1.57 bits per heavy atom. The van der Waals surface area contributed by atoms with E-state index in [1.54, 1.807) is 47.4 Å². The normalized spacial score (nSPS) is 12.3. The van der Waals surface area contributed by atoms with Gasteiger partial charge in [0.1, 0.15) is 18.0 Å². The molecule has 37 heavy (non-hydrogen) atoms. The number of ether oxygens (including phenoxy) is 3. The van der Waals surface area contributed by atoms with E-state index in [1.165, 1.54) is 0 Å². The Hall–Kier alpha value is -4.53. The number of esters is 1. The molecule has 0 bridgehead atoms. The quantitative estimate of drug-likeness (QED) is 0.329. The highest BCUT2D eigenvalue weighted by Gasteiger charge is 2.26. The Labute approximate surface area is 215 Å². The van der Waals surface area contributed by atoms with Crippen LogP contribution in [0.1, 0.15) is 29.8 Å². The number of hydrogen-bond donors (Lipinski definition) is 2. The molecular formula is C28H29N3O6. The van der Waals surface area contributed by atoms with E-state index >= 15 is 0 Å². The maximum Gasteiger partial charge on any atom is 0.331 e. The molecule has 9 nitrogen and oxygen atoms in total. The number of rotatable bonds is 9. The van der Waals surface area contributed by atoms with Gasteiger partial charge in [-0.3, -0.25) is 9.59 Å². The van der Waals surface area contributed by atoms with E-state index in [9.17, 15) is 14.4 Å². The van der Waals surface area contributed by atoms with Crippen molar-refractivity contribution in [2.75, 3.05) is 41.8 Å². The first-order valence-electron chi connectivity index (χ1n) is 12.0. The molecule has 0 saturated heterocycles. The lowest BCUT2D eigenvalue weighted by Crippen LogP contribution is -2.41. The summed E-state index contributed by atoms with van der Waals surface area (Å²) < 4.78 is 16.9. The minimum atomic E-state index is -0.432. The minimum Gasteiger partial charge on any atom is -0.492 e. The van der Waals surface area contributed by atoms with Crippen molar-refractivity contribution >= 4 is 34.8 Å². The predicted molar refractivity (Wildman–Crippen MR) is 141 cm³/mol. The molecular weight excluding hydrogens is 474 g/mol. The smallest absolute Gasteiger partial charge is 0.331 e. The maximum absolute atomic E-state index is 13.1. The van der Waals surface area contributed by atoms with Crippen LogP contribution in [0.4, 0.5) is 17.1 Å². The molecule has 9 heteroatoms. The summed E-state index contributed by atoms with van der Waals surface area (Å²) in [5, 5.41) is 5.72. The number of carbonyl (C=O) groups is 3. The zero-order valence-corrected chi connectivity index (χ0v) is 21.0. The van der Waals surface area contributed by atoms with Crippen LogP contribution in [0.5, 0.6) is 17.2 Å². The molecule has 0 aliphatic carbocycles. The number of fused-ring (bicyclic) bond motifs is 1. The number of carbonyl (C=O) groups excluding carboxylic acids is 3. The molecule has 4 rings (SSSR count). The standard InChI is InChI=1S/C28H29N3O6/c1-4-35-23-15-21(30-28(34)19-9-7-6-8-10-19)24(36-5-2)14-20(23)29-26(32)16-31-17-27(33)37-25-13-18(3)11-12-22(25)31/h6-15H,4-5,16-17H2,1-3H3,(H,29,32)(H,30,34). The van der Waals surface area contributed by atoms with Crippen molar-refractivity contribution in [2.24, 2.45) is 0 Å². The molecule has 0 aromatic heterocycles. The lowest BCUT2D eigenvalue weighted by Gasteiger charge is -2.29. The van der Waals surface area contributed by atoms with Crippen LogP contribution in [-0.2, 0) is 9.59 Å². The second kappa shape index (κ2) is 11.5. The molecule has 3 aromatic carbocycles. The number of aryl methyl sites for hydroxylation is 1. The van der Waals surface area contributed by atoms with E-state index in [2.05, 4.69) is 10.6 Å². The number of anilines is 3. The largest absolute Gasteiger partial charge is 0.492 e. The van der Waals surface area contributed by atoms with Crippen molar-refractivity contribution < 1.29 is 28.6 Å². The minimum absolute atomic E-state index is 0.0452. The first-order chi connectivity index (χ1) is 17.9. The summed E-state index contributed by atoms with van der Waals surface area (Å²) in [6.07, 6.45) is 0. The fourth-order valence-electron chi connectivity index (χ4n) is 3.95. The van der Waals surface area contributed by atoms with Crippen molar-refractivity contribution in [3.63, 3.8) is 0 Å². The molecule has 0 saturated carbocycles. The molecule has 0 atom stereocenters. The van der Waals surface area contributed by atoms with Gasteiger partial charge in [0.25, 0.3) is 5.91 Å². The van der Waals surface area contributed by atoms with Crippen LogP contribution >= 0.6 is 0 Å². The molecule has 0 fully saturated rings. The van der Waals surface area contributed by atoms with Crippen LogP contribution < -0.4 is 29.7 Å². The number of nitrogens with zero attached hydrogens (tertiary/aromatic N) is 1. The first-order valence-corrected chi connectivity index (χ1v) is 12.0. The van der Waals surface area contributed by atoms with E-state index in [1.807, 2.05) is 39.0 Å². The van der Waals surface area contributed by atoms with E-state index in [0.29, 0.717) is 53.1 Å². The number of hydrogen-bond acceptors (Lipinski definition) is 7. The van der Waals surface area contributed by atoms with Crippen LogP contribution in [0.3, 0.4) is 0 Å². The van der Waals surface area contributed by atoms with Crippen molar-refractivity contribution in [2.45, 2.75) is 20.8 Å². The first kappa shape index (κ1) is 25.6. The SMILES string of the molecule is CCOc1cc(NC(=O)c2ccccc2)c(OCC)cc1NC(=O)CN1CC(=O)Oc2cc(C)ccc21. The third kappa shape index (κ3) is 6.19. The van der Waals surface area contributed by atoms with Crippen molar-refractivity contribution in [1.29, 1.82) is 0 Å². The number of benzene rings is 3. The summed E-state index contributed by atoms with van der Waals surface area (Å²) in [4.78, 5) is 39.6. The van der Waals surface area contributed by atoms with Gasteiger partial charge in [0.05, 0.1) is 36.8 Å². The van der Waals surface area contributed by atoms with Gasteiger partial charge in [-0.15, -0.1) is 0 Å². The molecule has 1 aliphatic heterocycles. The van der Waals surface area contributed by atoms with Crippen LogP contribution in [0.25, 0.3) is 0 Å². The van der Waals surface area contributed by atoms with Gasteiger partial charge in [0, 0.05) is 17.7 Å². The lowest BCUT2D eigenvalue weighted by molar-refractivity contribution is -0.133. The van der Waals surface area contributed by atoms with Crippen molar-refractivity contribution in [1.82, 2.24) is 0 Å². The van der Waals surface area contributed by atoms with Gasteiger partial charge in [0.15, 0.2) is 5.75 Å². The van der Waals surface area contributed by atoms with E-state index in [-0.39, 0.29) is 24.9 Å². The van der Waals surface area contributed by atoms with Gasteiger partial charge in [-0.05, 0) is 50.6 Å². The van der Waals surface area contributed by atoms with Crippen LogP contribution in [0.2, 0.25) is 0 Å². The molecule has 192 valence electrons. The van der Waals surface area contributed by atoms with Crippen LogP contribution in [0.15, 0.2) is 60.7 Å². The second-order valence-corrected chi connectivity index (χ2v) is 8.38. The summed E-state index contributed by atoms with van der Waals surface area (Å²) in [7, 11) is 0. The second-order valence-electron chi connectivity index (χ2n) is 8.38. The predicted octanol–water partition coefficient (Wildman–Crippen LogP) is 4.41. The summed E-state index contributed by atoms with van der Waals surface area (Å²) >= 11 is 0. The Bertz CT molecular complexity index is 1310. The fourth-order valence-corrected chi connectivity index (χ4v) is 3.95. The summed E-state index contributed by atoms with van der Waals surface area (Å²) in [5.74, 6) is 0.0938. The molecule has 3 aromatic rings. The van der Waals surface area contributed by atoms with Gasteiger partial charge in [0.2, 0.25) is 5.91 Å². The van der Waals surface area contributed by atoms with Gasteiger partial charge < -0.3 is 29.7 Å². The molecule has 2 amide bonds. The van der Waals surface area contributed by atoms with Gasteiger partial charge in [-0.2, -0.15) is 0 Å². The number of nitrogens with one attached hydrogen (secondary N) is 2. The summed E-state index contributed by atoms with van der Waals surface area (Å²) in [5.41, 5.74) is 2.91. The molecule has 1 aliphatic rings. The average Bonchev–Trinajstić information content (AvgIpc) is 2.86. The molecule has 1 heterocycles. The summed E-state index contributed by atoms with van der Waals surface area (Å²) in [6, 6.07) is 17.6. The maximum atomic E-state index is 13.1. The zero-order chi connectivity index (χ0) is 26.4. The molecule has 0 unspecified atom stereocenters. The van der Waals surface area contributed by atoms with Crippen molar-refractivity contribution in [3.05, 3.63) is 71.8 Å². The van der Waals surface area contributed by atoms with Gasteiger partial charge >= 0.3 is 5.97 Å². The van der Waals surface area contributed by atoms with Crippen LogP contribution in [-0.4, -0.2) is 44.1 Å². The van der Waals surface area contributed by atoms with E-state index in [4.69, 9.17) is 14.2 Å². The zero-order valence-electron chi connectivity index (χ0n) is 21.0. The fraction of sp³-hybridized carbons (Fsp3) is 0.250. The number of amides is 2. The van der Waals surface area contributed by atoms with Gasteiger partial charge in [-0.1, -0.05) is 24.3 Å². The Balaban J connectivity index is 1.57. The topological polar surface area (TPSA) is 106 Å². The van der Waals surface area contributed by atoms with Gasteiger partial charge in [-0.25, -0.2) is 4.79 Å². The van der Waals surface area contributed by atoms with E-state index < -0.39 is 5.97 Å². The molecule has 2 N–H and O–H groups in total. The molecule has 0 spiro atoms. The third-order valence-corrected chi connectivity index (χ3v) is 5.57. The highest BCUT2D eigenvalue weighted by molar-refractivity contribution is 6.06. The Morgan fingerprint density at radius 1 is 0.919 bits per heavy atom. The van der Waals surface area contributed by atoms with Crippen molar-refractivity contribution in [3.8, 4) is 17.2 Å². The van der Waals surface area contributed by atoms with E-state index in [0.717, 1.165) is 5.56 Å². The molecule has 0 radical (unpaired) electrons. The third-order valence-electron chi connectivity index (χ3n) is 5.57.